The highest BCUT2D eigenvalue weighted by molar-refractivity contribution is 5.95. The summed E-state index contributed by atoms with van der Waals surface area (Å²) in [6.07, 6.45) is -4.28. The van der Waals surface area contributed by atoms with Crippen LogP contribution in [0.5, 0.6) is 0 Å². The van der Waals surface area contributed by atoms with Crippen LogP contribution in [0.15, 0.2) is 66.7 Å². The van der Waals surface area contributed by atoms with Crippen LogP contribution in [0.4, 0.5) is 11.4 Å². The number of aliphatic hydroxyl groups is 3. The average molecular weight is 479 g/mol. The molecule has 0 spiro atoms. The van der Waals surface area contributed by atoms with Crippen molar-refractivity contribution < 1.29 is 20.1 Å². The zero-order valence-electron chi connectivity index (χ0n) is 21.2. The summed E-state index contributed by atoms with van der Waals surface area (Å²) >= 11 is 0. The van der Waals surface area contributed by atoms with E-state index in [0.717, 1.165) is 22.1 Å². The Bertz CT molecular complexity index is 1180. The van der Waals surface area contributed by atoms with Gasteiger partial charge in [-0.25, -0.2) is 0 Å². The fraction of sp³-hybridized carbons (Fsp3) is 0.448. The second kappa shape index (κ2) is 9.19. The van der Waals surface area contributed by atoms with Crippen LogP contribution in [0.3, 0.4) is 0 Å². The number of anilines is 2. The lowest BCUT2D eigenvalue weighted by atomic mass is 9.68. The van der Waals surface area contributed by atoms with Crippen molar-refractivity contribution in [2.45, 2.75) is 76.6 Å². The molecule has 0 bridgehead atoms. The maximum Gasteiger partial charge on any atom is 0.139 e. The molecule has 4 rings (SSSR count). The smallest absolute Gasteiger partial charge is 0.139 e. The van der Waals surface area contributed by atoms with Crippen molar-refractivity contribution in [3.8, 4) is 0 Å². The van der Waals surface area contributed by atoms with Crippen LogP contribution < -0.4 is 11.1 Å². The van der Waals surface area contributed by atoms with Gasteiger partial charge < -0.3 is 31.1 Å². The summed E-state index contributed by atoms with van der Waals surface area (Å²) < 4.78 is 6.56. The van der Waals surface area contributed by atoms with Crippen molar-refractivity contribution in [1.29, 1.82) is 0 Å². The Balaban J connectivity index is 1.78. The van der Waals surface area contributed by atoms with Gasteiger partial charge in [0.15, 0.2) is 0 Å². The highest BCUT2D eigenvalue weighted by Gasteiger charge is 2.60. The zero-order chi connectivity index (χ0) is 25.6. The topological polar surface area (TPSA) is 108 Å². The fourth-order valence-corrected chi connectivity index (χ4v) is 5.25. The number of fused-ring (bicyclic) bond motifs is 1. The van der Waals surface area contributed by atoms with E-state index in [2.05, 4.69) is 23.5 Å². The molecular formula is C29H38N2O4. The van der Waals surface area contributed by atoms with E-state index in [1.54, 1.807) is 13.8 Å². The van der Waals surface area contributed by atoms with Crippen LogP contribution in [-0.4, -0.2) is 45.3 Å². The van der Waals surface area contributed by atoms with Crippen molar-refractivity contribution in [1.82, 2.24) is 0 Å². The van der Waals surface area contributed by atoms with Crippen LogP contribution in [-0.2, 0) is 10.3 Å². The third-order valence-corrected chi connectivity index (χ3v) is 6.94. The maximum atomic E-state index is 11.4. The summed E-state index contributed by atoms with van der Waals surface area (Å²) in [6.45, 7) is 9.69. The highest BCUT2D eigenvalue weighted by Crippen LogP contribution is 2.47. The van der Waals surface area contributed by atoms with Crippen molar-refractivity contribution >= 4 is 22.1 Å². The van der Waals surface area contributed by atoms with Gasteiger partial charge in [0.2, 0.25) is 0 Å². The average Bonchev–Trinajstić information content (AvgIpc) is 2.78. The van der Waals surface area contributed by atoms with Gasteiger partial charge in [-0.1, -0.05) is 69.3 Å². The van der Waals surface area contributed by atoms with Gasteiger partial charge in [-0.05, 0) is 54.8 Å². The summed E-state index contributed by atoms with van der Waals surface area (Å²) in [4.78, 5) is 0. The van der Waals surface area contributed by atoms with Crippen molar-refractivity contribution in [3.05, 3.63) is 72.3 Å². The molecule has 0 aliphatic carbocycles. The third kappa shape index (κ3) is 4.82. The lowest BCUT2D eigenvalue weighted by Gasteiger charge is -2.55. The number of nitrogens with two attached hydrogens (primary N) is 1. The number of aliphatic hydroxyl groups excluding tert-OH is 3. The molecule has 1 aliphatic heterocycles. The highest BCUT2D eigenvalue weighted by atomic mass is 16.6. The first kappa shape index (κ1) is 25.6. The minimum atomic E-state index is -1.45. The van der Waals surface area contributed by atoms with E-state index >= 15 is 0 Å². The van der Waals surface area contributed by atoms with Gasteiger partial charge in [-0.2, -0.15) is 0 Å². The van der Waals surface area contributed by atoms with Crippen molar-refractivity contribution in [3.63, 3.8) is 0 Å². The van der Waals surface area contributed by atoms with Crippen LogP contribution in [0.2, 0.25) is 0 Å². The molecule has 35 heavy (non-hydrogen) atoms. The monoisotopic (exact) mass is 478 g/mol. The first-order valence-electron chi connectivity index (χ1n) is 12.2. The Morgan fingerprint density at radius 2 is 1.54 bits per heavy atom. The lowest BCUT2D eigenvalue weighted by molar-refractivity contribution is -0.296. The fourth-order valence-electron chi connectivity index (χ4n) is 5.25. The quantitative estimate of drug-likeness (QED) is 0.371. The Morgan fingerprint density at radius 3 is 2.23 bits per heavy atom. The van der Waals surface area contributed by atoms with E-state index in [1.165, 1.54) is 0 Å². The third-order valence-electron chi connectivity index (χ3n) is 6.94. The van der Waals surface area contributed by atoms with Gasteiger partial charge in [-0.15, -0.1) is 0 Å². The van der Waals surface area contributed by atoms with Crippen LogP contribution in [0.25, 0.3) is 10.8 Å². The molecule has 1 heterocycles. The first-order chi connectivity index (χ1) is 16.3. The Hall–Kier alpha value is -2.48. The summed E-state index contributed by atoms with van der Waals surface area (Å²) in [5.41, 5.74) is 6.36. The minimum Gasteiger partial charge on any atom is -0.388 e. The van der Waals surface area contributed by atoms with Gasteiger partial charge in [0.05, 0.1) is 6.10 Å². The summed E-state index contributed by atoms with van der Waals surface area (Å²) in [7, 11) is 0. The normalized spacial score (nSPS) is 27.7. The molecule has 3 aromatic carbocycles. The Morgan fingerprint density at radius 1 is 0.886 bits per heavy atom. The molecule has 6 nitrogen and oxygen atoms in total. The van der Waals surface area contributed by atoms with Crippen LogP contribution in [0.1, 0.15) is 46.6 Å². The predicted molar refractivity (Wildman–Crippen MR) is 141 cm³/mol. The molecule has 0 saturated carbocycles. The van der Waals surface area contributed by atoms with Gasteiger partial charge in [0.25, 0.3) is 0 Å². The largest absolute Gasteiger partial charge is 0.388 e. The van der Waals surface area contributed by atoms with Crippen molar-refractivity contribution in [2.24, 2.45) is 11.1 Å². The molecule has 0 aromatic heterocycles. The number of hydrogen-bond acceptors (Lipinski definition) is 6. The van der Waals surface area contributed by atoms with Crippen LogP contribution >= 0.6 is 0 Å². The summed E-state index contributed by atoms with van der Waals surface area (Å²) in [6, 6.07) is 21.8. The molecule has 3 aromatic rings. The molecule has 6 heteroatoms. The summed E-state index contributed by atoms with van der Waals surface area (Å²) in [5.74, 6) is 0. The first-order valence-corrected chi connectivity index (χ1v) is 12.2. The molecule has 1 saturated heterocycles. The molecule has 0 radical (unpaired) electrons. The number of benzene rings is 3. The minimum absolute atomic E-state index is 0.171. The molecule has 1 fully saturated rings. The van der Waals surface area contributed by atoms with E-state index in [-0.39, 0.29) is 5.41 Å². The van der Waals surface area contributed by atoms with Gasteiger partial charge in [0.1, 0.15) is 23.9 Å². The molecule has 1 aliphatic rings. The second-order valence-corrected chi connectivity index (χ2v) is 11.5. The lowest BCUT2D eigenvalue weighted by Crippen LogP contribution is -2.72. The Kier molecular flexibility index (Phi) is 6.72. The van der Waals surface area contributed by atoms with E-state index < -0.39 is 35.6 Å². The molecule has 0 amide bonds. The molecule has 188 valence electrons. The molecular weight excluding hydrogens is 440 g/mol. The number of nitrogens with one attached hydrogen (secondary N) is 1. The SMILES string of the molecule is CC(C)(C)C[C@H]1OC(c2cccc(Nc3cccc4ccccc34)c2)(C(C)(C)N)[C@H](O)[C@@H](O)[C@@H]1O. The molecule has 1 unspecified atom stereocenters. The van der Waals surface area contributed by atoms with Gasteiger partial charge in [0, 0.05) is 22.3 Å². The van der Waals surface area contributed by atoms with E-state index in [1.807, 2.05) is 69.3 Å². The van der Waals surface area contributed by atoms with E-state index in [9.17, 15) is 15.3 Å². The van der Waals surface area contributed by atoms with Crippen LogP contribution in [0, 0.1) is 5.41 Å². The van der Waals surface area contributed by atoms with E-state index in [4.69, 9.17) is 10.5 Å². The molecule has 5 atom stereocenters. The number of hydrogen-bond donors (Lipinski definition) is 5. The van der Waals surface area contributed by atoms with Crippen molar-refractivity contribution in [2.75, 3.05) is 5.32 Å². The number of rotatable bonds is 5. The Labute approximate surface area is 207 Å². The second-order valence-electron chi connectivity index (χ2n) is 11.5. The van der Waals surface area contributed by atoms with E-state index in [0.29, 0.717) is 12.0 Å². The summed E-state index contributed by atoms with van der Waals surface area (Å²) in [5, 5.41) is 38.8. The number of ether oxygens (including phenoxy) is 1. The maximum absolute atomic E-state index is 11.4. The van der Waals surface area contributed by atoms with Gasteiger partial charge >= 0.3 is 0 Å². The molecule has 6 N–H and O–H groups in total. The predicted octanol–water partition coefficient (Wildman–Crippen LogP) is 4.43. The zero-order valence-corrected chi connectivity index (χ0v) is 21.2. The van der Waals surface area contributed by atoms with Gasteiger partial charge in [-0.3, -0.25) is 0 Å². The standard InChI is InChI=1S/C29H38N2O4/c1-27(2,3)17-23-24(32)25(33)26(34)29(35-23,28(4,5)30)19-12-9-13-20(16-19)31-22-15-8-11-18-10-6-7-14-21(18)22/h6-16,23-26,31-34H,17,30H2,1-5H3/t23-,24-,25+,26-,29?/m1/s1.